The standard InChI is InChI=1S/C12H15N2O3PS/c1-3-16-18(15,17-4-2)12(11(7-13)8-14)10-5-6-19-9-10/h5-6,9,11-12H,3-4H2,1-2H3. The second kappa shape index (κ2) is 7.43. The first-order valence-electron chi connectivity index (χ1n) is 5.83. The van der Waals surface area contributed by atoms with Crippen LogP contribution in [0.2, 0.25) is 0 Å². The summed E-state index contributed by atoms with van der Waals surface area (Å²) in [6, 6.07) is 5.49. The van der Waals surface area contributed by atoms with Crippen LogP contribution < -0.4 is 0 Å². The SMILES string of the molecule is CCOP(=O)(OCC)C(c1ccsc1)C(C#N)C#N. The Morgan fingerprint density at radius 3 is 2.26 bits per heavy atom. The normalized spacial score (nSPS) is 12.9. The van der Waals surface area contributed by atoms with Crippen LogP contribution in [0.4, 0.5) is 0 Å². The number of thiophene rings is 1. The van der Waals surface area contributed by atoms with Crippen molar-refractivity contribution in [2.45, 2.75) is 19.5 Å². The molecule has 1 aromatic rings. The molecule has 1 atom stereocenters. The third-order valence-corrected chi connectivity index (χ3v) is 5.65. The van der Waals surface area contributed by atoms with Gasteiger partial charge in [-0.3, -0.25) is 4.57 Å². The maximum absolute atomic E-state index is 12.8. The van der Waals surface area contributed by atoms with Crippen molar-refractivity contribution in [2.24, 2.45) is 5.92 Å². The summed E-state index contributed by atoms with van der Waals surface area (Å²) < 4.78 is 23.4. The number of rotatable bonds is 7. The summed E-state index contributed by atoms with van der Waals surface area (Å²) in [6.07, 6.45) is 0. The van der Waals surface area contributed by atoms with Crippen LogP contribution >= 0.6 is 18.9 Å². The van der Waals surface area contributed by atoms with Crippen LogP contribution in [0.5, 0.6) is 0 Å². The van der Waals surface area contributed by atoms with Crippen molar-refractivity contribution < 1.29 is 13.6 Å². The quantitative estimate of drug-likeness (QED) is 0.716. The lowest BCUT2D eigenvalue weighted by molar-refractivity contribution is 0.209. The first-order chi connectivity index (χ1) is 9.12. The summed E-state index contributed by atoms with van der Waals surface area (Å²) >= 11 is 1.41. The third kappa shape index (κ3) is 3.65. The number of hydrogen-bond donors (Lipinski definition) is 0. The zero-order valence-corrected chi connectivity index (χ0v) is 12.5. The molecule has 7 heteroatoms. The van der Waals surface area contributed by atoms with Gasteiger partial charge in [-0.25, -0.2) is 0 Å². The molecule has 0 aromatic carbocycles. The summed E-state index contributed by atoms with van der Waals surface area (Å²) in [5, 5.41) is 21.8. The van der Waals surface area contributed by atoms with Gasteiger partial charge in [-0.1, -0.05) is 0 Å². The molecule has 0 saturated heterocycles. The Labute approximate surface area is 116 Å². The molecule has 1 aromatic heterocycles. The van der Waals surface area contributed by atoms with Gasteiger partial charge in [-0.15, -0.1) is 0 Å². The van der Waals surface area contributed by atoms with Crippen molar-refractivity contribution >= 4 is 18.9 Å². The van der Waals surface area contributed by atoms with Crippen LogP contribution in [-0.4, -0.2) is 13.2 Å². The molecule has 0 amide bonds. The van der Waals surface area contributed by atoms with Gasteiger partial charge in [0.2, 0.25) is 0 Å². The van der Waals surface area contributed by atoms with E-state index >= 15 is 0 Å². The van der Waals surface area contributed by atoms with E-state index in [-0.39, 0.29) is 13.2 Å². The van der Waals surface area contributed by atoms with Gasteiger partial charge in [-0.2, -0.15) is 21.9 Å². The summed E-state index contributed by atoms with van der Waals surface area (Å²) in [5.41, 5.74) is -0.225. The molecule has 0 saturated carbocycles. The van der Waals surface area contributed by atoms with Crippen LogP contribution in [0.25, 0.3) is 0 Å². The lowest BCUT2D eigenvalue weighted by Gasteiger charge is -2.26. The van der Waals surface area contributed by atoms with Gasteiger partial charge in [0.25, 0.3) is 0 Å². The van der Waals surface area contributed by atoms with E-state index in [1.165, 1.54) is 11.3 Å². The minimum atomic E-state index is -3.55. The Morgan fingerprint density at radius 2 is 1.89 bits per heavy atom. The first-order valence-corrected chi connectivity index (χ1v) is 8.38. The van der Waals surface area contributed by atoms with E-state index in [0.717, 1.165) is 0 Å². The molecule has 0 aliphatic heterocycles. The fourth-order valence-corrected chi connectivity index (χ4v) is 4.67. The van der Waals surface area contributed by atoms with Gasteiger partial charge in [0.15, 0.2) is 5.92 Å². The van der Waals surface area contributed by atoms with E-state index in [1.54, 1.807) is 30.7 Å². The van der Waals surface area contributed by atoms with E-state index in [1.807, 2.05) is 12.1 Å². The molecule has 0 aliphatic carbocycles. The summed E-state index contributed by atoms with van der Waals surface area (Å²) in [4.78, 5) is 0. The van der Waals surface area contributed by atoms with Crippen molar-refractivity contribution in [1.29, 1.82) is 10.5 Å². The topological polar surface area (TPSA) is 83.1 Å². The van der Waals surface area contributed by atoms with E-state index < -0.39 is 19.2 Å². The molecule has 1 unspecified atom stereocenters. The summed E-state index contributed by atoms with van der Waals surface area (Å²) in [5.74, 6) is -1.07. The van der Waals surface area contributed by atoms with E-state index in [9.17, 15) is 4.57 Å². The average molecular weight is 298 g/mol. The maximum atomic E-state index is 12.8. The Hall–Kier alpha value is -1.17. The molecule has 0 fully saturated rings. The molecule has 5 nitrogen and oxygen atoms in total. The van der Waals surface area contributed by atoms with E-state index in [0.29, 0.717) is 5.56 Å². The Kier molecular flexibility index (Phi) is 6.21. The minimum Gasteiger partial charge on any atom is -0.308 e. The van der Waals surface area contributed by atoms with Crippen molar-refractivity contribution in [2.75, 3.05) is 13.2 Å². The molecule has 0 bridgehead atoms. The predicted molar refractivity (Wildman–Crippen MR) is 72.6 cm³/mol. The highest BCUT2D eigenvalue weighted by atomic mass is 32.1. The fraction of sp³-hybridized carbons (Fsp3) is 0.500. The second-order valence-electron chi connectivity index (χ2n) is 3.61. The van der Waals surface area contributed by atoms with Crippen molar-refractivity contribution in [3.8, 4) is 12.1 Å². The molecule has 0 radical (unpaired) electrons. The zero-order valence-electron chi connectivity index (χ0n) is 10.8. The summed E-state index contributed by atoms with van der Waals surface area (Å²) in [7, 11) is -3.55. The van der Waals surface area contributed by atoms with E-state index in [2.05, 4.69) is 0 Å². The molecular formula is C12H15N2O3PS. The van der Waals surface area contributed by atoms with Crippen LogP contribution in [-0.2, 0) is 13.6 Å². The summed E-state index contributed by atoms with van der Waals surface area (Å²) in [6.45, 7) is 3.79. The highest BCUT2D eigenvalue weighted by Crippen LogP contribution is 2.63. The van der Waals surface area contributed by atoms with Gasteiger partial charge >= 0.3 is 7.60 Å². The van der Waals surface area contributed by atoms with E-state index in [4.69, 9.17) is 19.6 Å². The van der Waals surface area contributed by atoms with Crippen LogP contribution in [0.1, 0.15) is 25.1 Å². The number of nitrogens with zero attached hydrogens (tertiary/aromatic N) is 2. The molecule has 102 valence electrons. The number of hydrogen-bond acceptors (Lipinski definition) is 6. The van der Waals surface area contributed by atoms with Crippen molar-refractivity contribution in [1.82, 2.24) is 0 Å². The molecular weight excluding hydrogens is 283 g/mol. The molecule has 1 heterocycles. The van der Waals surface area contributed by atoms with Crippen LogP contribution in [0.3, 0.4) is 0 Å². The smallest absolute Gasteiger partial charge is 0.308 e. The Balaban J connectivity index is 3.26. The lowest BCUT2D eigenvalue weighted by atomic mass is 10.0. The zero-order chi connectivity index (χ0) is 14.3. The molecule has 0 N–H and O–H groups in total. The highest BCUT2D eigenvalue weighted by Gasteiger charge is 2.43. The minimum absolute atomic E-state index is 0.196. The van der Waals surface area contributed by atoms with Gasteiger partial charge < -0.3 is 9.05 Å². The Morgan fingerprint density at radius 1 is 1.32 bits per heavy atom. The largest absolute Gasteiger partial charge is 0.340 e. The molecule has 19 heavy (non-hydrogen) atoms. The van der Waals surface area contributed by atoms with Crippen molar-refractivity contribution in [3.63, 3.8) is 0 Å². The highest BCUT2D eigenvalue weighted by molar-refractivity contribution is 7.54. The van der Waals surface area contributed by atoms with Gasteiger partial charge in [-0.05, 0) is 36.2 Å². The monoisotopic (exact) mass is 298 g/mol. The van der Waals surface area contributed by atoms with Crippen LogP contribution in [0.15, 0.2) is 16.8 Å². The average Bonchev–Trinajstić information content (AvgIpc) is 2.89. The fourth-order valence-electron chi connectivity index (χ4n) is 1.73. The van der Waals surface area contributed by atoms with Gasteiger partial charge in [0, 0.05) is 0 Å². The second-order valence-corrected chi connectivity index (χ2v) is 6.55. The van der Waals surface area contributed by atoms with Gasteiger partial charge in [0.05, 0.1) is 25.4 Å². The molecule has 0 spiro atoms. The van der Waals surface area contributed by atoms with Crippen molar-refractivity contribution in [3.05, 3.63) is 22.4 Å². The Bertz CT molecular complexity index is 494. The number of nitriles is 2. The first kappa shape index (κ1) is 15.9. The lowest BCUT2D eigenvalue weighted by Crippen LogP contribution is -2.13. The predicted octanol–water partition coefficient (Wildman–Crippen LogP) is 3.72. The molecule has 0 aliphatic rings. The molecule has 1 rings (SSSR count). The maximum Gasteiger partial charge on any atom is 0.340 e. The van der Waals surface area contributed by atoms with Gasteiger partial charge in [0.1, 0.15) is 5.66 Å². The third-order valence-electron chi connectivity index (χ3n) is 2.44. The van der Waals surface area contributed by atoms with Crippen LogP contribution in [0, 0.1) is 28.6 Å².